The number of benzene rings is 1. The number of rotatable bonds is 2. The molecule has 2 atom stereocenters. The average molecular weight is 254 g/mol. The third-order valence-electron chi connectivity index (χ3n) is 3.34. The Bertz CT molecular complexity index is 391. The molecule has 1 saturated carbocycles. The lowest BCUT2D eigenvalue weighted by Gasteiger charge is -2.29. The zero-order valence-electron chi connectivity index (χ0n) is 9.53. The van der Waals surface area contributed by atoms with Crippen molar-refractivity contribution in [2.24, 2.45) is 0 Å². The van der Waals surface area contributed by atoms with Crippen molar-refractivity contribution in [2.45, 2.75) is 37.6 Å². The van der Waals surface area contributed by atoms with Gasteiger partial charge in [0, 0.05) is 11.1 Å². The largest absolute Gasteiger partial charge is 0.465 e. The summed E-state index contributed by atoms with van der Waals surface area (Å²) in [6.45, 7) is 0. The lowest BCUT2D eigenvalue weighted by Crippen LogP contribution is -2.36. The van der Waals surface area contributed by atoms with Crippen LogP contribution in [0.5, 0.6) is 0 Å². The van der Waals surface area contributed by atoms with Crippen molar-refractivity contribution in [3.8, 4) is 0 Å². The van der Waals surface area contributed by atoms with Crippen molar-refractivity contribution < 1.29 is 9.90 Å². The zero-order valence-corrected chi connectivity index (χ0v) is 10.3. The lowest BCUT2D eigenvalue weighted by molar-refractivity contribution is 0.184. The molecule has 0 heterocycles. The Labute approximate surface area is 106 Å². The van der Waals surface area contributed by atoms with Crippen molar-refractivity contribution in [1.82, 2.24) is 5.32 Å². The van der Waals surface area contributed by atoms with Crippen molar-refractivity contribution in [3.05, 3.63) is 34.9 Å². The molecule has 1 aliphatic carbocycles. The molecule has 0 saturated heterocycles. The fourth-order valence-corrected chi connectivity index (χ4v) is 2.66. The molecule has 0 aliphatic heterocycles. The van der Waals surface area contributed by atoms with Crippen LogP contribution in [-0.2, 0) is 0 Å². The van der Waals surface area contributed by atoms with Gasteiger partial charge in [0.15, 0.2) is 0 Å². The molecule has 3 nitrogen and oxygen atoms in total. The van der Waals surface area contributed by atoms with Gasteiger partial charge in [0.2, 0.25) is 0 Å². The highest BCUT2D eigenvalue weighted by Gasteiger charge is 2.24. The molecule has 4 heteroatoms. The number of carboxylic acid groups (broad SMARTS) is 1. The lowest BCUT2D eigenvalue weighted by atomic mass is 9.81. The molecular weight excluding hydrogens is 238 g/mol. The molecule has 1 aromatic rings. The van der Waals surface area contributed by atoms with Gasteiger partial charge in [-0.3, -0.25) is 0 Å². The first-order valence-electron chi connectivity index (χ1n) is 5.90. The molecule has 2 N–H and O–H groups in total. The Kier molecular flexibility index (Phi) is 3.89. The van der Waals surface area contributed by atoms with Crippen LogP contribution in [0.1, 0.15) is 37.2 Å². The minimum atomic E-state index is -0.924. The molecule has 2 rings (SSSR count). The molecule has 0 radical (unpaired) electrons. The maximum absolute atomic E-state index is 10.6. The number of nitrogens with one attached hydrogen (secondary N) is 1. The van der Waals surface area contributed by atoms with Gasteiger partial charge >= 0.3 is 6.09 Å². The fraction of sp³-hybridized carbons (Fsp3) is 0.462. The molecule has 1 aliphatic rings. The van der Waals surface area contributed by atoms with E-state index < -0.39 is 6.09 Å². The van der Waals surface area contributed by atoms with E-state index in [0.29, 0.717) is 5.92 Å². The third-order valence-corrected chi connectivity index (χ3v) is 3.60. The predicted octanol–water partition coefficient (Wildman–Crippen LogP) is 3.63. The average Bonchev–Trinajstić information content (AvgIpc) is 2.29. The summed E-state index contributed by atoms with van der Waals surface area (Å²) in [4.78, 5) is 10.6. The van der Waals surface area contributed by atoms with E-state index in [1.807, 2.05) is 24.3 Å². The maximum atomic E-state index is 10.6. The summed E-state index contributed by atoms with van der Waals surface area (Å²) in [5.74, 6) is 0.442. The highest BCUT2D eigenvalue weighted by atomic mass is 35.5. The highest BCUT2D eigenvalue weighted by molar-refractivity contribution is 6.30. The van der Waals surface area contributed by atoms with Crippen LogP contribution in [-0.4, -0.2) is 17.2 Å². The monoisotopic (exact) mass is 253 g/mol. The minimum Gasteiger partial charge on any atom is -0.465 e. The van der Waals surface area contributed by atoms with Crippen molar-refractivity contribution in [1.29, 1.82) is 0 Å². The number of amides is 1. The van der Waals surface area contributed by atoms with Gasteiger partial charge in [0.1, 0.15) is 0 Å². The summed E-state index contributed by atoms with van der Waals surface area (Å²) in [5.41, 5.74) is 1.26. The minimum absolute atomic E-state index is 0.0851. The summed E-state index contributed by atoms with van der Waals surface area (Å²) >= 11 is 5.86. The fourth-order valence-electron chi connectivity index (χ4n) is 2.53. The van der Waals surface area contributed by atoms with Crippen molar-refractivity contribution in [2.75, 3.05) is 0 Å². The van der Waals surface area contributed by atoms with Gasteiger partial charge in [0.25, 0.3) is 0 Å². The second-order valence-electron chi connectivity index (χ2n) is 4.56. The molecule has 1 aromatic carbocycles. The van der Waals surface area contributed by atoms with E-state index >= 15 is 0 Å². The first-order chi connectivity index (χ1) is 8.15. The molecule has 0 bridgehead atoms. The second kappa shape index (κ2) is 5.41. The smallest absolute Gasteiger partial charge is 0.404 e. The van der Waals surface area contributed by atoms with Crippen LogP contribution in [0.2, 0.25) is 5.02 Å². The summed E-state index contributed by atoms with van der Waals surface area (Å²) in [6.07, 6.45) is 3.09. The van der Waals surface area contributed by atoms with Crippen molar-refractivity contribution in [3.63, 3.8) is 0 Å². The summed E-state index contributed by atoms with van der Waals surface area (Å²) in [6, 6.07) is 7.95. The Hall–Kier alpha value is -1.22. The Morgan fingerprint density at radius 1 is 1.29 bits per heavy atom. The molecule has 0 spiro atoms. The number of carbonyl (C=O) groups is 1. The number of hydrogen-bond donors (Lipinski definition) is 2. The molecular formula is C13H16ClNO2. The van der Waals surface area contributed by atoms with E-state index in [9.17, 15) is 4.79 Å². The third kappa shape index (κ3) is 3.37. The molecule has 2 unspecified atom stereocenters. The number of halogens is 1. The molecule has 1 fully saturated rings. The van der Waals surface area contributed by atoms with Crippen LogP contribution in [0.4, 0.5) is 4.79 Å². The standard InChI is InChI=1S/C13H16ClNO2/c14-11-6-4-9(5-7-11)10-2-1-3-12(8-10)15-13(16)17/h4-7,10,12,15H,1-3,8H2,(H,16,17). The normalized spacial score (nSPS) is 24.3. The van der Waals surface area contributed by atoms with Gasteiger partial charge in [-0.25, -0.2) is 4.79 Å². The summed E-state index contributed by atoms with van der Waals surface area (Å²) in [5, 5.41) is 12.1. The van der Waals surface area contributed by atoms with Gasteiger partial charge in [-0.2, -0.15) is 0 Å². The molecule has 92 valence electrons. The van der Waals surface area contributed by atoms with E-state index in [1.54, 1.807) is 0 Å². The van der Waals surface area contributed by atoms with Crippen LogP contribution >= 0.6 is 11.6 Å². The second-order valence-corrected chi connectivity index (χ2v) is 5.00. The Morgan fingerprint density at radius 3 is 2.65 bits per heavy atom. The van der Waals surface area contributed by atoms with Crippen LogP contribution in [0.15, 0.2) is 24.3 Å². The Morgan fingerprint density at radius 2 is 2.00 bits per heavy atom. The van der Waals surface area contributed by atoms with Gasteiger partial charge < -0.3 is 10.4 Å². The van der Waals surface area contributed by atoms with Gasteiger partial charge in [-0.05, 0) is 42.9 Å². The van der Waals surface area contributed by atoms with Crippen LogP contribution in [0.3, 0.4) is 0 Å². The first-order valence-corrected chi connectivity index (χ1v) is 6.28. The van der Waals surface area contributed by atoms with E-state index in [4.69, 9.17) is 16.7 Å². The van der Waals surface area contributed by atoms with Gasteiger partial charge in [-0.15, -0.1) is 0 Å². The first kappa shape index (κ1) is 12.2. The molecule has 17 heavy (non-hydrogen) atoms. The van der Waals surface area contributed by atoms with Crippen LogP contribution < -0.4 is 5.32 Å². The SMILES string of the molecule is O=C(O)NC1CCCC(c2ccc(Cl)cc2)C1. The molecule has 0 aromatic heterocycles. The van der Waals surface area contributed by atoms with Gasteiger partial charge in [0.05, 0.1) is 0 Å². The summed E-state index contributed by atoms with van der Waals surface area (Å²) in [7, 11) is 0. The van der Waals surface area contributed by atoms with E-state index in [-0.39, 0.29) is 6.04 Å². The topological polar surface area (TPSA) is 49.3 Å². The molecule has 1 amide bonds. The summed E-state index contributed by atoms with van der Waals surface area (Å²) < 4.78 is 0. The van der Waals surface area contributed by atoms with E-state index in [2.05, 4.69) is 5.32 Å². The zero-order chi connectivity index (χ0) is 12.3. The van der Waals surface area contributed by atoms with Gasteiger partial charge in [-0.1, -0.05) is 30.2 Å². The van der Waals surface area contributed by atoms with Crippen LogP contribution in [0.25, 0.3) is 0 Å². The predicted molar refractivity (Wildman–Crippen MR) is 67.6 cm³/mol. The Balaban J connectivity index is 2.01. The van der Waals surface area contributed by atoms with E-state index in [1.165, 1.54) is 5.56 Å². The maximum Gasteiger partial charge on any atom is 0.404 e. The number of hydrogen-bond acceptors (Lipinski definition) is 1. The van der Waals surface area contributed by atoms with E-state index in [0.717, 1.165) is 30.7 Å². The van der Waals surface area contributed by atoms with Crippen LogP contribution in [0, 0.1) is 0 Å². The quantitative estimate of drug-likeness (QED) is 0.846. The van der Waals surface area contributed by atoms with Crippen molar-refractivity contribution >= 4 is 17.7 Å². The highest BCUT2D eigenvalue weighted by Crippen LogP contribution is 2.33.